The molecule has 2 aliphatic heterocycles. The van der Waals surface area contributed by atoms with Crippen molar-refractivity contribution in [1.29, 1.82) is 0 Å². The largest absolute Gasteiger partial charge is 0.496 e. The highest BCUT2D eigenvalue weighted by atomic mass is 16.5. The number of benzene rings is 2. The molecule has 5 nitrogen and oxygen atoms in total. The number of rotatable bonds is 3. The van der Waals surface area contributed by atoms with Gasteiger partial charge in [0.15, 0.2) is 0 Å². The molecular formula is C20H22N2O3. The van der Waals surface area contributed by atoms with Gasteiger partial charge in [0.1, 0.15) is 5.75 Å². The minimum absolute atomic E-state index is 0.0399. The Bertz CT molecular complexity index is 790. The van der Waals surface area contributed by atoms with Gasteiger partial charge in [-0.15, -0.1) is 0 Å². The first kappa shape index (κ1) is 16.1. The van der Waals surface area contributed by atoms with E-state index in [1.165, 1.54) is 5.56 Å². The first-order valence-corrected chi connectivity index (χ1v) is 8.62. The van der Waals surface area contributed by atoms with E-state index >= 15 is 0 Å². The average Bonchev–Trinajstić information content (AvgIpc) is 3.15. The van der Waals surface area contributed by atoms with Crippen molar-refractivity contribution in [3.63, 3.8) is 0 Å². The lowest BCUT2D eigenvalue weighted by Crippen LogP contribution is -2.48. The number of amides is 1. The first-order chi connectivity index (χ1) is 12.3. The Balaban J connectivity index is 1.66. The summed E-state index contributed by atoms with van der Waals surface area (Å²) in [6.07, 6.45) is 0. The van der Waals surface area contributed by atoms with Gasteiger partial charge in [-0.2, -0.15) is 0 Å². The van der Waals surface area contributed by atoms with Crippen LogP contribution < -0.4 is 10.1 Å². The molecule has 5 heteroatoms. The average molecular weight is 338 g/mol. The van der Waals surface area contributed by atoms with Gasteiger partial charge in [-0.05, 0) is 29.3 Å². The number of para-hydroxylation sites is 1. The van der Waals surface area contributed by atoms with Gasteiger partial charge in [-0.1, -0.05) is 24.3 Å². The normalized spacial score (nSPS) is 19.6. The molecule has 1 fully saturated rings. The van der Waals surface area contributed by atoms with Crippen molar-refractivity contribution < 1.29 is 14.3 Å². The van der Waals surface area contributed by atoms with E-state index in [4.69, 9.17) is 9.47 Å². The molecule has 25 heavy (non-hydrogen) atoms. The molecule has 2 aliphatic rings. The van der Waals surface area contributed by atoms with Gasteiger partial charge in [-0.3, -0.25) is 4.79 Å². The fourth-order valence-electron chi connectivity index (χ4n) is 3.64. The number of hydrogen-bond donors (Lipinski definition) is 1. The molecule has 1 saturated heterocycles. The van der Waals surface area contributed by atoms with E-state index < -0.39 is 0 Å². The third-order valence-electron chi connectivity index (χ3n) is 4.97. The van der Waals surface area contributed by atoms with Gasteiger partial charge < -0.3 is 19.7 Å². The number of ether oxygens (including phenoxy) is 2. The van der Waals surface area contributed by atoms with E-state index in [9.17, 15) is 4.79 Å². The van der Waals surface area contributed by atoms with Gasteiger partial charge in [-0.25, -0.2) is 0 Å². The van der Waals surface area contributed by atoms with Crippen LogP contribution in [0.4, 0.5) is 0 Å². The fourth-order valence-corrected chi connectivity index (χ4v) is 3.64. The molecule has 0 spiro atoms. The van der Waals surface area contributed by atoms with Crippen LogP contribution in [0, 0.1) is 0 Å². The Hall–Kier alpha value is -2.37. The number of carbonyl (C=O) groups is 1. The highest BCUT2D eigenvalue weighted by molar-refractivity contribution is 5.95. The van der Waals surface area contributed by atoms with Crippen molar-refractivity contribution in [2.45, 2.75) is 19.3 Å². The zero-order valence-electron chi connectivity index (χ0n) is 14.3. The molecule has 0 aromatic heterocycles. The van der Waals surface area contributed by atoms with Gasteiger partial charge >= 0.3 is 0 Å². The molecule has 2 aromatic rings. The van der Waals surface area contributed by atoms with Crippen molar-refractivity contribution in [3.05, 3.63) is 64.7 Å². The molecule has 1 N–H and O–H groups in total. The second-order valence-corrected chi connectivity index (χ2v) is 6.44. The number of carbonyl (C=O) groups excluding carboxylic acids is 1. The van der Waals surface area contributed by atoms with Crippen LogP contribution in [0.15, 0.2) is 42.5 Å². The van der Waals surface area contributed by atoms with Crippen LogP contribution in [0.25, 0.3) is 0 Å². The molecule has 1 atom stereocenters. The van der Waals surface area contributed by atoms with Crippen molar-refractivity contribution in [1.82, 2.24) is 10.2 Å². The van der Waals surface area contributed by atoms with E-state index in [1.54, 1.807) is 7.11 Å². The molecule has 0 bridgehead atoms. The molecule has 1 unspecified atom stereocenters. The summed E-state index contributed by atoms with van der Waals surface area (Å²) in [6.45, 7) is 3.43. The van der Waals surface area contributed by atoms with Gasteiger partial charge in [0.25, 0.3) is 5.91 Å². The Morgan fingerprint density at radius 2 is 2.04 bits per heavy atom. The van der Waals surface area contributed by atoms with Crippen molar-refractivity contribution in [2.24, 2.45) is 0 Å². The van der Waals surface area contributed by atoms with E-state index in [-0.39, 0.29) is 11.9 Å². The van der Waals surface area contributed by atoms with Crippen molar-refractivity contribution >= 4 is 5.91 Å². The summed E-state index contributed by atoms with van der Waals surface area (Å²) >= 11 is 0. The number of hydrogen-bond acceptors (Lipinski definition) is 4. The van der Waals surface area contributed by atoms with E-state index in [1.807, 2.05) is 47.4 Å². The predicted molar refractivity (Wildman–Crippen MR) is 94.6 cm³/mol. The topological polar surface area (TPSA) is 50.8 Å². The number of fused-ring (bicyclic) bond motifs is 1. The summed E-state index contributed by atoms with van der Waals surface area (Å²) in [5, 5.41) is 3.39. The van der Waals surface area contributed by atoms with Gasteiger partial charge in [0.2, 0.25) is 0 Å². The zero-order valence-corrected chi connectivity index (χ0v) is 14.3. The third-order valence-corrected chi connectivity index (χ3v) is 4.97. The molecule has 0 aliphatic carbocycles. The van der Waals surface area contributed by atoms with Crippen LogP contribution in [0.2, 0.25) is 0 Å². The minimum Gasteiger partial charge on any atom is -0.496 e. The maximum atomic E-state index is 13.2. The van der Waals surface area contributed by atoms with Crippen molar-refractivity contribution in [2.75, 3.05) is 26.7 Å². The molecule has 2 heterocycles. The number of nitrogens with zero attached hydrogens (tertiary/aromatic N) is 1. The fraction of sp³-hybridized carbons (Fsp3) is 0.350. The standard InChI is InChI=1S/C20H22N2O3/c1-24-19-5-3-2-4-17(19)18-11-21-8-9-22(18)20(23)14-6-7-15-12-25-13-16(15)10-14/h2-7,10,18,21H,8-9,11-13H2,1H3. The lowest BCUT2D eigenvalue weighted by atomic mass is 9.99. The van der Waals surface area contributed by atoms with Crippen LogP contribution in [0.1, 0.15) is 33.1 Å². The maximum Gasteiger partial charge on any atom is 0.254 e. The highest BCUT2D eigenvalue weighted by Gasteiger charge is 2.30. The second-order valence-electron chi connectivity index (χ2n) is 6.44. The molecule has 2 aromatic carbocycles. The smallest absolute Gasteiger partial charge is 0.254 e. The summed E-state index contributed by atoms with van der Waals surface area (Å²) in [7, 11) is 1.67. The maximum absolute atomic E-state index is 13.2. The summed E-state index contributed by atoms with van der Waals surface area (Å²) in [4.78, 5) is 15.1. The van der Waals surface area contributed by atoms with Crippen LogP contribution >= 0.6 is 0 Å². The second kappa shape index (κ2) is 6.86. The van der Waals surface area contributed by atoms with Crippen molar-refractivity contribution in [3.8, 4) is 5.75 Å². The minimum atomic E-state index is -0.0399. The van der Waals surface area contributed by atoms with E-state index in [0.29, 0.717) is 19.8 Å². The van der Waals surface area contributed by atoms with Crippen LogP contribution in [0.5, 0.6) is 5.75 Å². The summed E-state index contributed by atoms with van der Waals surface area (Å²) in [6, 6.07) is 13.8. The SMILES string of the molecule is COc1ccccc1C1CNCCN1C(=O)c1ccc2c(c1)COC2. The summed E-state index contributed by atoms with van der Waals surface area (Å²) in [5.74, 6) is 0.878. The van der Waals surface area contributed by atoms with Crippen LogP contribution in [0.3, 0.4) is 0 Å². The van der Waals surface area contributed by atoms with Crippen LogP contribution in [-0.4, -0.2) is 37.6 Å². The van der Waals surface area contributed by atoms with Gasteiger partial charge in [0.05, 0.1) is 26.4 Å². The number of piperazine rings is 1. The molecular weight excluding hydrogens is 316 g/mol. The lowest BCUT2D eigenvalue weighted by Gasteiger charge is -2.37. The third kappa shape index (κ3) is 3.01. The monoisotopic (exact) mass is 338 g/mol. The lowest BCUT2D eigenvalue weighted by molar-refractivity contribution is 0.0631. The molecule has 1 amide bonds. The van der Waals surface area contributed by atoms with Crippen LogP contribution in [-0.2, 0) is 18.0 Å². The van der Waals surface area contributed by atoms with Gasteiger partial charge in [0, 0.05) is 30.8 Å². The molecule has 4 rings (SSSR count). The Morgan fingerprint density at radius 1 is 1.20 bits per heavy atom. The molecule has 0 saturated carbocycles. The predicted octanol–water partition coefficient (Wildman–Crippen LogP) is 2.51. The quantitative estimate of drug-likeness (QED) is 0.934. The summed E-state index contributed by atoms with van der Waals surface area (Å²) < 4.78 is 11.0. The number of nitrogens with one attached hydrogen (secondary N) is 1. The Labute approximate surface area is 147 Å². The zero-order chi connectivity index (χ0) is 17.2. The van der Waals surface area contributed by atoms with E-state index in [2.05, 4.69) is 5.32 Å². The highest BCUT2D eigenvalue weighted by Crippen LogP contribution is 2.31. The first-order valence-electron chi connectivity index (χ1n) is 8.62. The molecule has 0 radical (unpaired) electrons. The molecule has 130 valence electrons. The summed E-state index contributed by atoms with van der Waals surface area (Å²) in [5.41, 5.74) is 4.06. The Morgan fingerprint density at radius 3 is 2.92 bits per heavy atom. The van der Waals surface area contributed by atoms with E-state index in [0.717, 1.165) is 35.5 Å². The Kier molecular flexibility index (Phi) is 4.42. The number of methoxy groups -OCH3 is 1.